The molecule has 1 N–H and O–H groups in total. The maximum Gasteiger partial charge on any atom is 0.307 e. The zero-order chi connectivity index (χ0) is 11.1. The molecule has 0 amide bonds. The van der Waals surface area contributed by atoms with Crippen molar-refractivity contribution in [3.8, 4) is 0 Å². The average Bonchev–Trinajstić information content (AvgIpc) is 2.20. The second-order valence-electron chi connectivity index (χ2n) is 3.53. The van der Waals surface area contributed by atoms with Crippen molar-refractivity contribution < 1.29 is 9.90 Å². The fraction of sp³-hybridized carbons (Fsp3) is 0.417. The summed E-state index contributed by atoms with van der Waals surface area (Å²) in [5.74, 6) is -0.776. The molecule has 0 aromatic heterocycles. The van der Waals surface area contributed by atoms with E-state index in [-0.39, 0.29) is 6.42 Å². The first kappa shape index (κ1) is 12.2. The molecule has 0 aliphatic rings. The van der Waals surface area contributed by atoms with Crippen LogP contribution in [-0.2, 0) is 17.6 Å². The van der Waals surface area contributed by atoms with E-state index in [9.17, 15) is 4.79 Å². The van der Waals surface area contributed by atoms with Crippen molar-refractivity contribution >= 4 is 21.9 Å². The number of hydrogen-bond donors (Lipinski definition) is 1. The molecule has 82 valence electrons. The lowest BCUT2D eigenvalue weighted by Gasteiger charge is -2.02. The van der Waals surface area contributed by atoms with Gasteiger partial charge in [0.25, 0.3) is 0 Å². The average molecular weight is 271 g/mol. The van der Waals surface area contributed by atoms with Gasteiger partial charge in [-0.1, -0.05) is 40.2 Å². The fourth-order valence-electron chi connectivity index (χ4n) is 1.42. The van der Waals surface area contributed by atoms with Crippen LogP contribution in [0, 0.1) is 0 Å². The van der Waals surface area contributed by atoms with Gasteiger partial charge in [-0.3, -0.25) is 4.79 Å². The number of alkyl halides is 1. The minimum Gasteiger partial charge on any atom is -0.481 e. The summed E-state index contributed by atoms with van der Waals surface area (Å²) in [6, 6.07) is 7.84. The first-order chi connectivity index (χ1) is 7.22. The van der Waals surface area contributed by atoms with Crippen LogP contribution in [0.5, 0.6) is 0 Å². The normalized spacial score (nSPS) is 10.2. The van der Waals surface area contributed by atoms with E-state index in [1.165, 1.54) is 18.4 Å². The number of rotatable bonds is 6. The molecule has 1 rings (SSSR count). The molecule has 0 spiro atoms. The molecule has 0 aliphatic carbocycles. The Morgan fingerprint density at radius 3 is 2.27 bits per heavy atom. The Balaban J connectivity index is 2.45. The number of carboxylic acids is 1. The van der Waals surface area contributed by atoms with Crippen LogP contribution in [0.15, 0.2) is 24.3 Å². The Bertz CT molecular complexity index is 306. The van der Waals surface area contributed by atoms with E-state index >= 15 is 0 Å². The summed E-state index contributed by atoms with van der Waals surface area (Å²) in [6.07, 6.45) is 3.53. The molecule has 0 aliphatic heterocycles. The van der Waals surface area contributed by atoms with Crippen LogP contribution in [0.2, 0.25) is 0 Å². The van der Waals surface area contributed by atoms with Gasteiger partial charge in [-0.05, 0) is 30.4 Å². The smallest absolute Gasteiger partial charge is 0.307 e. The zero-order valence-electron chi connectivity index (χ0n) is 8.58. The van der Waals surface area contributed by atoms with Crippen molar-refractivity contribution in [3.05, 3.63) is 35.4 Å². The molecule has 0 saturated heterocycles. The first-order valence-electron chi connectivity index (χ1n) is 5.08. The van der Waals surface area contributed by atoms with Gasteiger partial charge < -0.3 is 5.11 Å². The Hall–Kier alpha value is -0.830. The summed E-state index contributed by atoms with van der Waals surface area (Å²) in [7, 11) is 0. The molecule has 15 heavy (non-hydrogen) atoms. The van der Waals surface area contributed by atoms with Gasteiger partial charge in [0, 0.05) is 5.33 Å². The summed E-state index contributed by atoms with van der Waals surface area (Å²) in [5, 5.41) is 9.65. The van der Waals surface area contributed by atoms with E-state index in [0.717, 1.165) is 17.3 Å². The van der Waals surface area contributed by atoms with Crippen molar-refractivity contribution in [3.63, 3.8) is 0 Å². The lowest BCUT2D eigenvalue weighted by atomic mass is 10.1. The number of carboxylic acid groups (broad SMARTS) is 1. The molecule has 1 aromatic carbocycles. The summed E-state index contributed by atoms with van der Waals surface area (Å²) >= 11 is 3.40. The van der Waals surface area contributed by atoms with Crippen molar-refractivity contribution in [2.75, 3.05) is 5.33 Å². The molecule has 0 radical (unpaired) electrons. The number of aryl methyl sites for hydroxylation is 1. The highest BCUT2D eigenvalue weighted by molar-refractivity contribution is 9.09. The molecule has 0 heterocycles. The third-order valence-electron chi connectivity index (χ3n) is 2.23. The largest absolute Gasteiger partial charge is 0.481 e. The lowest BCUT2D eigenvalue weighted by molar-refractivity contribution is -0.136. The Kier molecular flexibility index (Phi) is 5.40. The van der Waals surface area contributed by atoms with E-state index in [4.69, 9.17) is 5.11 Å². The van der Waals surface area contributed by atoms with E-state index in [0.29, 0.717) is 0 Å². The van der Waals surface area contributed by atoms with Crippen LogP contribution in [0.1, 0.15) is 24.0 Å². The molecule has 0 fully saturated rings. The molecular formula is C12H15BrO2. The third kappa shape index (κ3) is 4.98. The number of hydrogen-bond acceptors (Lipinski definition) is 1. The SMILES string of the molecule is O=C(O)Cc1ccc(CCCCBr)cc1. The second-order valence-corrected chi connectivity index (χ2v) is 4.33. The number of benzene rings is 1. The standard InChI is InChI=1S/C12H15BrO2/c13-8-2-1-3-10-4-6-11(7-5-10)9-12(14)15/h4-7H,1-3,8-9H2,(H,14,15). The van der Waals surface area contributed by atoms with Crippen LogP contribution >= 0.6 is 15.9 Å². The molecule has 0 saturated carbocycles. The van der Waals surface area contributed by atoms with Gasteiger partial charge in [-0.25, -0.2) is 0 Å². The molecule has 0 bridgehead atoms. The summed E-state index contributed by atoms with van der Waals surface area (Å²) in [6.45, 7) is 0. The van der Waals surface area contributed by atoms with Gasteiger partial charge in [0.1, 0.15) is 0 Å². The first-order valence-corrected chi connectivity index (χ1v) is 6.20. The monoisotopic (exact) mass is 270 g/mol. The summed E-state index contributed by atoms with van der Waals surface area (Å²) < 4.78 is 0. The van der Waals surface area contributed by atoms with Crippen LogP contribution in [-0.4, -0.2) is 16.4 Å². The highest BCUT2D eigenvalue weighted by Gasteiger charge is 2.00. The highest BCUT2D eigenvalue weighted by Crippen LogP contribution is 2.09. The molecule has 3 heteroatoms. The Labute approximate surface area is 98.4 Å². The summed E-state index contributed by atoms with van der Waals surface area (Å²) in [4.78, 5) is 10.5. The van der Waals surface area contributed by atoms with Gasteiger partial charge in [-0.15, -0.1) is 0 Å². The van der Waals surface area contributed by atoms with E-state index < -0.39 is 5.97 Å². The number of carbonyl (C=O) groups is 1. The minimum atomic E-state index is -0.776. The van der Waals surface area contributed by atoms with E-state index in [1.54, 1.807) is 0 Å². The molecule has 0 unspecified atom stereocenters. The quantitative estimate of drug-likeness (QED) is 0.637. The van der Waals surface area contributed by atoms with Gasteiger partial charge in [0.15, 0.2) is 0 Å². The van der Waals surface area contributed by atoms with E-state index in [1.807, 2.05) is 24.3 Å². The van der Waals surface area contributed by atoms with Gasteiger partial charge in [-0.2, -0.15) is 0 Å². The highest BCUT2D eigenvalue weighted by atomic mass is 79.9. The predicted molar refractivity (Wildman–Crippen MR) is 64.5 cm³/mol. The molecule has 1 aromatic rings. The number of unbranched alkanes of at least 4 members (excludes halogenated alkanes) is 1. The van der Waals surface area contributed by atoms with Crippen LogP contribution < -0.4 is 0 Å². The number of halogens is 1. The van der Waals surface area contributed by atoms with Crippen molar-refractivity contribution in [1.29, 1.82) is 0 Å². The van der Waals surface area contributed by atoms with Gasteiger partial charge in [0.05, 0.1) is 6.42 Å². The Morgan fingerprint density at radius 1 is 1.13 bits per heavy atom. The predicted octanol–water partition coefficient (Wildman–Crippen LogP) is 3.03. The maximum atomic E-state index is 10.5. The van der Waals surface area contributed by atoms with Crippen LogP contribution in [0.4, 0.5) is 0 Å². The molecule has 2 nitrogen and oxygen atoms in total. The van der Waals surface area contributed by atoms with Crippen LogP contribution in [0.3, 0.4) is 0 Å². The Morgan fingerprint density at radius 2 is 1.73 bits per heavy atom. The zero-order valence-corrected chi connectivity index (χ0v) is 10.2. The minimum absolute atomic E-state index is 0.113. The van der Waals surface area contributed by atoms with Crippen molar-refractivity contribution in [2.24, 2.45) is 0 Å². The van der Waals surface area contributed by atoms with E-state index in [2.05, 4.69) is 15.9 Å². The molecule has 0 atom stereocenters. The van der Waals surface area contributed by atoms with Crippen molar-refractivity contribution in [1.82, 2.24) is 0 Å². The summed E-state index contributed by atoms with van der Waals surface area (Å²) in [5.41, 5.74) is 2.15. The van der Waals surface area contributed by atoms with Crippen molar-refractivity contribution in [2.45, 2.75) is 25.7 Å². The van der Waals surface area contributed by atoms with Gasteiger partial charge >= 0.3 is 5.97 Å². The maximum absolute atomic E-state index is 10.5. The molecular weight excluding hydrogens is 256 g/mol. The fourth-order valence-corrected chi connectivity index (χ4v) is 1.82. The number of aliphatic carboxylic acids is 1. The second kappa shape index (κ2) is 6.62. The lowest BCUT2D eigenvalue weighted by Crippen LogP contribution is -1.99. The topological polar surface area (TPSA) is 37.3 Å². The third-order valence-corrected chi connectivity index (χ3v) is 2.79. The van der Waals surface area contributed by atoms with Crippen LogP contribution in [0.25, 0.3) is 0 Å². The van der Waals surface area contributed by atoms with Gasteiger partial charge in [0.2, 0.25) is 0 Å².